The number of nitrogens with zero attached hydrogens (tertiary/aromatic N) is 3. The summed E-state index contributed by atoms with van der Waals surface area (Å²) in [4.78, 5) is 16.4. The first-order chi connectivity index (χ1) is 14.9. The van der Waals surface area contributed by atoms with Crippen molar-refractivity contribution in [2.45, 2.75) is 23.9 Å². The molecule has 0 spiro atoms. The van der Waals surface area contributed by atoms with E-state index in [2.05, 4.69) is 21.9 Å². The molecule has 1 unspecified atom stereocenters. The Morgan fingerprint density at radius 1 is 0.903 bits per heavy atom. The second kappa shape index (κ2) is 9.48. The fourth-order valence-electron chi connectivity index (χ4n) is 4.77. The summed E-state index contributed by atoms with van der Waals surface area (Å²) in [7, 11) is -3.49. The maximum Gasteiger partial charge on any atom is 0.303 e. The van der Waals surface area contributed by atoms with Crippen molar-refractivity contribution in [1.29, 1.82) is 0 Å². The number of hydrogen-bond acceptors (Lipinski definition) is 5. The van der Waals surface area contributed by atoms with Crippen LogP contribution in [0.2, 0.25) is 0 Å². The van der Waals surface area contributed by atoms with Crippen LogP contribution in [0.5, 0.6) is 0 Å². The van der Waals surface area contributed by atoms with Crippen LogP contribution < -0.4 is 0 Å². The van der Waals surface area contributed by atoms with Crippen LogP contribution in [0.1, 0.15) is 12.0 Å². The van der Waals surface area contributed by atoms with Crippen LogP contribution in [0.4, 0.5) is 0 Å². The van der Waals surface area contributed by atoms with Gasteiger partial charge in [-0.25, -0.2) is 8.42 Å². The molecule has 166 valence electrons. The summed E-state index contributed by atoms with van der Waals surface area (Å²) >= 11 is 0. The van der Waals surface area contributed by atoms with Gasteiger partial charge in [-0.2, -0.15) is 4.31 Å². The summed E-state index contributed by atoms with van der Waals surface area (Å²) in [6.07, 6.45) is 0.137. The van der Waals surface area contributed by atoms with E-state index in [1.807, 2.05) is 18.2 Å². The summed E-state index contributed by atoms with van der Waals surface area (Å²) in [6.45, 7) is 4.43. The van der Waals surface area contributed by atoms with E-state index in [1.54, 1.807) is 34.6 Å². The third kappa shape index (κ3) is 5.15. The van der Waals surface area contributed by atoms with Crippen molar-refractivity contribution >= 4 is 16.0 Å². The van der Waals surface area contributed by atoms with Gasteiger partial charge < -0.3 is 5.11 Å². The Balaban J connectivity index is 1.41. The molecular weight excluding hydrogens is 414 g/mol. The molecule has 0 aliphatic carbocycles. The molecule has 2 saturated heterocycles. The molecule has 2 aliphatic rings. The van der Waals surface area contributed by atoms with Gasteiger partial charge in [-0.1, -0.05) is 48.5 Å². The Labute approximate surface area is 183 Å². The standard InChI is InChI=1S/C23H29N3O4S/c27-23(28)15-20-17-24(16-19-7-3-1-4-8-19)18-22(20)25-11-13-26(14-12-25)31(29,30)21-9-5-2-6-10-21/h1-10,20,22H,11-18H2,(H,27,28)/t20?,22-/m0/s1. The number of piperazine rings is 1. The van der Waals surface area contributed by atoms with Gasteiger partial charge in [-0.3, -0.25) is 14.6 Å². The lowest BCUT2D eigenvalue weighted by molar-refractivity contribution is -0.138. The molecule has 2 atom stereocenters. The zero-order valence-corrected chi connectivity index (χ0v) is 18.3. The predicted octanol–water partition coefficient (Wildman–Crippen LogP) is 1.97. The highest BCUT2D eigenvalue weighted by Gasteiger charge is 2.40. The average molecular weight is 444 g/mol. The topological polar surface area (TPSA) is 81.2 Å². The molecule has 0 radical (unpaired) electrons. The molecule has 0 saturated carbocycles. The second-order valence-electron chi connectivity index (χ2n) is 8.36. The van der Waals surface area contributed by atoms with Crippen LogP contribution in [-0.4, -0.2) is 78.9 Å². The van der Waals surface area contributed by atoms with Crippen molar-refractivity contribution < 1.29 is 18.3 Å². The number of carboxylic acids is 1. The van der Waals surface area contributed by atoms with E-state index in [0.29, 0.717) is 31.1 Å². The van der Waals surface area contributed by atoms with E-state index in [1.165, 1.54) is 5.56 Å². The first-order valence-corrected chi connectivity index (χ1v) is 12.1. The fourth-order valence-corrected chi connectivity index (χ4v) is 6.21. The van der Waals surface area contributed by atoms with Crippen LogP contribution in [0.15, 0.2) is 65.6 Å². The van der Waals surface area contributed by atoms with E-state index in [4.69, 9.17) is 0 Å². The van der Waals surface area contributed by atoms with Gasteiger partial charge in [0.1, 0.15) is 0 Å². The van der Waals surface area contributed by atoms with E-state index in [-0.39, 0.29) is 18.4 Å². The van der Waals surface area contributed by atoms with Crippen LogP contribution in [0.25, 0.3) is 0 Å². The number of rotatable bonds is 7. The summed E-state index contributed by atoms with van der Waals surface area (Å²) in [6, 6.07) is 18.9. The molecule has 2 fully saturated rings. The highest BCUT2D eigenvalue weighted by Crippen LogP contribution is 2.28. The van der Waals surface area contributed by atoms with Crippen molar-refractivity contribution in [2.75, 3.05) is 39.3 Å². The third-order valence-corrected chi connectivity index (χ3v) is 8.20. The van der Waals surface area contributed by atoms with E-state index >= 15 is 0 Å². The van der Waals surface area contributed by atoms with Crippen LogP contribution in [0, 0.1) is 5.92 Å². The molecule has 2 aromatic carbocycles. The molecule has 4 rings (SSSR count). The number of sulfonamides is 1. The Hall–Kier alpha value is -2.26. The lowest BCUT2D eigenvalue weighted by atomic mass is 9.98. The van der Waals surface area contributed by atoms with Crippen molar-refractivity contribution in [3.05, 3.63) is 66.2 Å². The third-order valence-electron chi connectivity index (χ3n) is 6.29. The minimum atomic E-state index is -3.49. The maximum absolute atomic E-state index is 12.9. The second-order valence-corrected chi connectivity index (χ2v) is 10.3. The van der Waals surface area contributed by atoms with Gasteiger partial charge in [0.15, 0.2) is 0 Å². The van der Waals surface area contributed by atoms with Gasteiger partial charge in [0.2, 0.25) is 10.0 Å². The van der Waals surface area contributed by atoms with E-state index < -0.39 is 16.0 Å². The molecule has 2 aliphatic heterocycles. The number of likely N-dealkylation sites (tertiary alicyclic amines) is 1. The first kappa shape index (κ1) is 22.0. The molecule has 0 amide bonds. The monoisotopic (exact) mass is 443 g/mol. The molecule has 2 heterocycles. The highest BCUT2D eigenvalue weighted by molar-refractivity contribution is 7.89. The molecule has 8 heteroatoms. The minimum absolute atomic E-state index is 0.0403. The fraction of sp³-hybridized carbons (Fsp3) is 0.435. The lowest BCUT2D eigenvalue weighted by Gasteiger charge is -2.39. The molecule has 0 aromatic heterocycles. The molecule has 2 aromatic rings. The number of benzene rings is 2. The quantitative estimate of drug-likeness (QED) is 0.705. The van der Waals surface area contributed by atoms with Gasteiger partial charge in [0.05, 0.1) is 11.3 Å². The molecule has 7 nitrogen and oxygen atoms in total. The number of aliphatic carboxylic acids is 1. The summed E-state index contributed by atoms with van der Waals surface area (Å²) in [5.41, 5.74) is 1.22. The van der Waals surface area contributed by atoms with Crippen molar-refractivity contribution in [3.63, 3.8) is 0 Å². The number of hydrogen-bond donors (Lipinski definition) is 1. The lowest BCUT2D eigenvalue weighted by Crippen LogP contribution is -2.54. The molecule has 0 bridgehead atoms. The zero-order valence-electron chi connectivity index (χ0n) is 17.5. The van der Waals surface area contributed by atoms with Crippen molar-refractivity contribution in [3.8, 4) is 0 Å². The van der Waals surface area contributed by atoms with Gasteiger partial charge >= 0.3 is 5.97 Å². The minimum Gasteiger partial charge on any atom is -0.481 e. The summed E-state index contributed by atoms with van der Waals surface area (Å²) in [5.74, 6) is -0.736. The first-order valence-electron chi connectivity index (χ1n) is 10.7. The smallest absolute Gasteiger partial charge is 0.303 e. The van der Waals surface area contributed by atoms with Crippen LogP contribution >= 0.6 is 0 Å². The largest absolute Gasteiger partial charge is 0.481 e. The normalized spacial score (nSPS) is 23.7. The summed E-state index contributed by atoms with van der Waals surface area (Å²) < 4.78 is 27.3. The highest BCUT2D eigenvalue weighted by atomic mass is 32.2. The Morgan fingerprint density at radius 2 is 1.52 bits per heavy atom. The SMILES string of the molecule is O=C(O)CC1CN(Cc2ccccc2)C[C@@H]1N1CCN(S(=O)(=O)c2ccccc2)CC1. The zero-order chi connectivity index (χ0) is 21.8. The Morgan fingerprint density at radius 3 is 2.13 bits per heavy atom. The van der Waals surface area contributed by atoms with Crippen LogP contribution in [-0.2, 0) is 21.4 Å². The summed E-state index contributed by atoms with van der Waals surface area (Å²) in [5, 5.41) is 9.42. The maximum atomic E-state index is 12.9. The molecule has 1 N–H and O–H groups in total. The Kier molecular flexibility index (Phi) is 6.71. The van der Waals surface area contributed by atoms with Gasteiger partial charge in [-0.05, 0) is 23.6 Å². The molecular formula is C23H29N3O4S. The van der Waals surface area contributed by atoms with Crippen molar-refractivity contribution in [1.82, 2.24) is 14.1 Å². The van der Waals surface area contributed by atoms with E-state index in [9.17, 15) is 18.3 Å². The van der Waals surface area contributed by atoms with Gasteiger partial charge in [0, 0.05) is 51.9 Å². The number of carbonyl (C=O) groups is 1. The molecule has 31 heavy (non-hydrogen) atoms. The average Bonchev–Trinajstić information content (AvgIpc) is 3.16. The van der Waals surface area contributed by atoms with Crippen LogP contribution in [0.3, 0.4) is 0 Å². The Bertz CT molecular complexity index is 976. The van der Waals surface area contributed by atoms with Crippen molar-refractivity contribution in [2.24, 2.45) is 5.92 Å². The number of carboxylic acid groups (broad SMARTS) is 1. The predicted molar refractivity (Wildman–Crippen MR) is 118 cm³/mol. The van der Waals surface area contributed by atoms with E-state index in [0.717, 1.165) is 19.6 Å². The van der Waals surface area contributed by atoms with Gasteiger partial charge in [-0.15, -0.1) is 0 Å². The van der Waals surface area contributed by atoms with Gasteiger partial charge in [0.25, 0.3) is 0 Å².